The Bertz CT molecular complexity index is 1250. The molecule has 0 aliphatic carbocycles. The molecule has 11 nitrogen and oxygen atoms in total. The second kappa shape index (κ2) is 43.0. The minimum Gasteiger partial charge on any atom is -0.466 e. The van der Waals surface area contributed by atoms with Crippen molar-refractivity contribution in [1.29, 1.82) is 0 Å². The second-order valence-corrected chi connectivity index (χ2v) is 17.5. The van der Waals surface area contributed by atoms with Crippen LogP contribution < -0.4 is 5.32 Å². The molecule has 1 heterocycles. The molecular weight excluding hydrogens is 811 g/mol. The van der Waals surface area contributed by atoms with Crippen LogP contribution in [-0.4, -0.2) is 100 Å². The van der Waals surface area contributed by atoms with Crippen molar-refractivity contribution in [2.45, 2.75) is 243 Å². The number of ether oxygens (including phenoxy) is 3. The van der Waals surface area contributed by atoms with Gasteiger partial charge in [0.1, 0.15) is 24.4 Å². The first-order chi connectivity index (χ1) is 31.2. The molecule has 64 heavy (non-hydrogen) atoms. The van der Waals surface area contributed by atoms with E-state index in [9.17, 15) is 35.1 Å². The van der Waals surface area contributed by atoms with E-state index in [1.165, 1.54) is 96.3 Å². The van der Waals surface area contributed by atoms with Gasteiger partial charge >= 0.3 is 5.97 Å². The summed E-state index contributed by atoms with van der Waals surface area (Å²) in [5.74, 6) is -0.328. The maximum atomic E-state index is 12.9. The van der Waals surface area contributed by atoms with Gasteiger partial charge in [0.25, 0.3) is 0 Å². The number of unbranched alkanes of at least 4 members (excludes halogenated alkanes) is 20. The number of esters is 1. The molecule has 1 amide bonds. The zero-order chi connectivity index (χ0) is 46.7. The van der Waals surface area contributed by atoms with E-state index in [1.807, 2.05) is 18.2 Å². The monoisotopic (exact) mass is 904 g/mol. The molecule has 0 aromatic rings. The predicted molar refractivity (Wildman–Crippen MR) is 260 cm³/mol. The van der Waals surface area contributed by atoms with E-state index in [-0.39, 0.29) is 24.9 Å². The van der Waals surface area contributed by atoms with Crippen LogP contribution in [0.5, 0.6) is 0 Å². The fraction of sp³-hybridized carbons (Fsp3) is 0.774. The van der Waals surface area contributed by atoms with E-state index in [0.717, 1.165) is 64.2 Å². The number of hydrogen-bond acceptors (Lipinski definition) is 10. The molecule has 0 aromatic carbocycles. The van der Waals surface area contributed by atoms with Gasteiger partial charge in [-0.05, 0) is 89.9 Å². The van der Waals surface area contributed by atoms with Gasteiger partial charge in [-0.2, -0.15) is 0 Å². The number of amides is 1. The number of aliphatic hydroxyl groups is 5. The number of allylic oxidation sites excluding steroid dienone is 9. The Morgan fingerprint density at radius 3 is 1.70 bits per heavy atom. The van der Waals surface area contributed by atoms with Crippen LogP contribution in [0.1, 0.15) is 200 Å². The van der Waals surface area contributed by atoms with Crippen molar-refractivity contribution in [2.24, 2.45) is 0 Å². The van der Waals surface area contributed by atoms with E-state index in [4.69, 9.17) is 14.2 Å². The number of nitrogens with one attached hydrogen (secondary N) is 1. The molecule has 7 unspecified atom stereocenters. The summed E-state index contributed by atoms with van der Waals surface area (Å²) >= 11 is 0. The summed E-state index contributed by atoms with van der Waals surface area (Å²) in [6.45, 7) is 4.14. The van der Waals surface area contributed by atoms with Gasteiger partial charge in [0.2, 0.25) is 5.91 Å². The third kappa shape index (κ3) is 32.9. The van der Waals surface area contributed by atoms with Crippen LogP contribution >= 0.6 is 0 Å². The third-order valence-corrected chi connectivity index (χ3v) is 11.6. The average Bonchev–Trinajstić information content (AvgIpc) is 3.29. The first kappa shape index (κ1) is 59.4. The number of hydrogen-bond donors (Lipinski definition) is 6. The van der Waals surface area contributed by atoms with Gasteiger partial charge in [-0.15, -0.1) is 0 Å². The highest BCUT2D eigenvalue weighted by molar-refractivity contribution is 5.76. The first-order valence-electron chi connectivity index (χ1n) is 25.6. The highest BCUT2D eigenvalue weighted by Crippen LogP contribution is 2.22. The minimum absolute atomic E-state index is 0.0505. The van der Waals surface area contributed by atoms with Crippen LogP contribution in [0, 0.1) is 0 Å². The van der Waals surface area contributed by atoms with Crippen molar-refractivity contribution in [3.05, 3.63) is 60.8 Å². The molecular formula is C53H93NO10. The summed E-state index contributed by atoms with van der Waals surface area (Å²) in [5.41, 5.74) is 0. The van der Waals surface area contributed by atoms with E-state index in [2.05, 4.69) is 55.6 Å². The van der Waals surface area contributed by atoms with Gasteiger partial charge in [0, 0.05) is 12.8 Å². The van der Waals surface area contributed by atoms with Crippen molar-refractivity contribution in [2.75, 3.05) is 19.8 Å². The number of aliphatic hydroxyl groups excluding tert-OH is 5. The Hall–Kier alpha value is -2.64. The lowest BCUT2D eigenvalue weighted by Crippen LogP contribution is -2.60. The number of rotatable bonds is 42. The molecule has 1 aliphatic heterocycles. The smallest absolute Gasteiger partial charge is 0.305 e. The topological polar surface area (TPSA) is 175 Å². The van der Waals surface area contributed by atoms with Crippen molar-refractivity contribution in [3.63, 3.8) is 0 Å². The lowest BCUT2D eigenvalue weighted by Gasteiger charge is -2.40. The molecule has 0 radical (unpaired) electrons. The summed E-state index contributed by atoms with van der Waals surface area (Å²) in [4.78, 5) is 24.9. The van der Waals surface area contributed by atoms with E-state index in [1.54, 1.807) is 6.08 Å². The molecule has 1 rings (SSSR count). The van der Waals surface area contributed by atoms with Gasteiger partial charge < -0.3 is 45.1 Å². The molecule has 1 saturated heterocycles. The maximum absolute atomic E-state index is 12.9. The fourth-order valence-electron chi connectivity index (χ4n) is 7.43. The molecule has 370 valence electrons. The quantitative estimate of drug-likeness (QED) is 0.0197. The molecule has 0 saturated carbocycles. The average molecular weight is 904 g/mol. The van der Waals surface area contributed by atoms with Gasteiger partial charge in [-0.1, -0.05) is 158 Å². The van der Waals surface area contributed by atoms with E-state index in [0.29, 0.717) is 25.9 Å². The fourth-order valence-corrected chi connectivity index (χ4v) is 7.43. The Kier molecular flexibility index (Phi) is 39.9. The molecule has 1 aliphatic rings. The van der Waals surface area contributed by atoms with Crippen LogP contribution in [0.25, 0.3) is 0 Å². The van der Waals surface area contributed by atoms with Crippen LogP contribution in [0.15, 0.2) is 60.8 Å². The summed E-state index contributed by atoms with van der Waals surface area (Å²) < 4.78 is 16.6. The van der Waals surface area contributed by atoms with E-state index < -0.39 is 49.5 Å². The molecule has 0 spiro atoms. The predicted octanol–water partition coefficient (Wildman–Crippen LogP) is 10.3. The van der Waals surface area contributed by atoms with Crippen molar-refractivity contribution in [1.82, 2.24) is 5.32 Å². The minimum atomic E-state index is -1.59. The molecule has 0 bridgehead atoms. The largest absolute Gasteiger partial charge is 0.466 e. The van der Waals surface area contributed by atoms with Gasteiger partial charge in [0.05, 0.1) is 32.0 Å². The lowest BCUT2D eigenvalue weighted by atomic mass is 9.99. The van der Waals surface area contributed by atoms with Crippen molar-refractivity contribution in [3.8, 4) is 0 Å². The van der Waals surface area contributed by atoms with Crippen LogP contribution in [0.2, 0.25) is 0 Å². The van der Waals surface area contributed by atoms with Crippen molar-refractivity contribution < 1.29 is 49.3 Å². The van der Waals surface area contributed by atoms with Crippen LogP contribution in [-0.2, 0) is 23.8 Å². The third-order valence-electron chi connectivity index (χ3n) is 11.6. The zero-order valence-corrected chi connectivity index (χ0v) is 40.2. The number of carbonyl (C=O) groups excluding carboxylic acids is 2. The second-order valence-electron chi connectivity index (χ2n) is 17.5. The summed E-state index contributed by atoms with van der Waals surface area (Å²) in [6, 6.07) is -0.871. The Morgan fingerprint density at radius 2 is 1.08 bits per heavy atom. The molecule has 1 fully saturated rings. The van der Waals surface area contributed by atoms with Crippen molar-refractivity contribution >= 4 is 11.9 Å². The molecule has 11 heteroatoms. The first-order valence-corrected chi connectivity index (χ1v) is 25.6. The highest BCUT2D eigenvalue weighted by Gasteiger charge is 2.44. The Morgan fingerprint density at radius 1 is 0.578 bits per heavy atom. The molecule has 7 atom stereocenters. The van der Waals surface area contributed by atoms with Crippen LogP contribution in [0.3, 0.4) is 0 Å². The normalized spacial score (nSPS) is 20.4. The molecule has 6 N–H and O–H groups in total. The summed E-state index contributed by atoms with van der Waals surface area (Å²) in [7, 11) is 0. The summed E-state index contributed by atoms with van der Waals surface area (Å²) in [6.07, 6.45) is 43.3. The van der Waals surface area contributed by atoms with Gasteiger partial charge in [-0.25, -0.2) is 0 Å². The Balaban J connectivity index is 2.19. The van der Waals surface area contributed by atoms with Gasteiger partial charge in [-0.3, -0.25) is 9.59 Å². The standard InChI is InChI=1S/C53H93NO10/c1-3-5-7-9-11-13-14-15-18-21-25-29-33-37-41-49(58)62-42-38-34-30-26-22-19-16-17-20-24-28-32-36-40-48(57)54-45(46(56)39-35-31-27-23-12-10-8-6-4-2)44-63-53-52(61)51(60)50(59)47(43-55)64-53/h12,14-15,17,20,23,28,32,35,39,45-47,50-53,55-56,59-61H,3-11,13,16,18-19,21-22,24-27,29-31,33-34,36-38,40-44H2,1-2H3,(H,54,57)/b15-14-,20-17-,23-12+,32-28-,39-35+. The zero-order valence-electron chi connectivity index (χ0n) is 40.2. The van der Waals surface area contributed by atoms with Gasteiger partial charge in [0.15, 0.2) is 6.29 Å². The highest BCUT2D eigenvalue weighted by atomic mass is 16.7. The summed E-state index contributed by atoms with van der Waals surface area (Å²) in [5, 5.41) is 53.9. The molecule has 0 aromatic heterocycles. The van der Waals surface area contributed by atoms with Crippen LogP contribution in [0.4, 0.5) is 0 Å². The Labute approximate surface area is 388 Å². The number of carbonyl (C=O) groups is 2. The maximum Gasteiger partial charge on any atom is 0.305 e. The lowest BCUT2D eigenvalue weighted by molar-refractivity contribution is -0.302. The SMILES string of the molecule is CCCCC/C=C/CC/C=C/C(O)C(COC1OC(CO)C(O)C(O)C1O)NC(=O)CC/C=C\C/C=C\CCCCCCCCOC(=O)CCCCCCC/C=C\CCCCCCC. The van der Waals surface area contributed by atoms with E-state index >= 15 is 0 Å².